The zero-order valence-corrected chi connectivity index (χ0v) is 19.2. The Bertz CT molecular complexity index is 757. The number of carbonyl (C=O) groups is 2. The van der Waals surface area contributed by atoms with E-state index in [-0.39, 0.29) is 18.9 Å². The average molecular weight is 453 g/mol. The summed E-state index contributed by atoms with van der Waals surface area (Å²) >= 11 is 7.09. The molecule has 8 nitrogen and oxygen atoms in total. The fraction of sp³-hybridized carbons (Fsp3) is 0.550. The molecule has 1 aliphatic rings. The van der Waals surface area contributed by atoms with E-state index in [1.165, 1.54) is 0 Å². The number of nitroso groups, excluding NO2 is 1. The van der Waals surface area contributed by atoms with Crippen molar-refractivity contribution in [2.24, 2.45) is 5.18 Å². The van der Waals surface area contributed by atoms with Crippen LogP contribution in [0.1, 0.15) is 32.8 Å². The minimum absolute atomic E-state index is 0.00755. The summed E-state index contributed by atoms with van der Waals surface area (Å²) in [6.45, 7) is 8.20. The van der Waals surface area contributed by atoms with Crippen LogP contribution in [0.15, 0.2) is 29.4 Å². The summed E-state index contributed by atoms with van der Waals surface area (Å²) < 4.78 is 5.95. The van der Waals surface area contributed by atoms with Gasteiger partial charge in [0.25, 0.3) is 0 Å². The van der Waals surface area contributed by atoms with Gasteiger partial charge in [0.05, 0.1) is 0 Å². The number of nitrogens with one attached hydrogen (secondary N) is 1. The molecule has 164 valence electrons. The number of nitrogens with zero attached hydrogens (tertiary/aromatic N) is 3. The largest absolute Gasteiger partial charge is 0.444 e. The van der Waals surface area contributed by atoms with Gasteiger partial charge in [0, 0.05) is 44.9 Å². The van der Waals surface area contributed by atoms with Crippen LogP contribution in [0.25, 0.3) is 0 Å². The van der Waals surface area contributed by atoms with Gasteiger partial charge in [-0.2, -0.15) is 0 Å². The Morgan fingerprint density at radius 3 is 2.30 bits per heavy atom. The van der Waals surface area contributed by atoms with E-state index in [4.69, 9.17) is 17.0 Å². The summed E-state index contributed by atoms with van der Waals surface area (Å²) in [5, 5.41) is 5.50. The van der Waals surface area contributed by atoms with Crippen molar-refractivity contribution < 1.29 is 14.3 Å². The van der Waals surface area contributed by atoms with Gasteiger partial charge in [0.2, 0.25) is 5.91 Å². The van der Waals surface area contributed by atoms with E-state index in [1.54, 1.807) is 49.6 Å². The van der Waals surface area contributed by atoms with E-state index in [0.717, 1.165) is 9.88 Å². The third kappa shape index (κ3) is 8.27. The molecule has 2 rings (SSSR count). The number of carbonyl (C=O) groups excluding carboxylic acids is 2. The van der Waals surface area contributed by atoms with E-state index >= 15 is 0 Å². The Balaban J connectivity index is 1.66. The van der Waals surface area contributed by atoms with E-state index in [0.29, 0.717) is 37.6 Å². The summed E-state index contributed by atoms with van der Waals surface area (Å²) in [5.74, 6) is 0.723. The highest BCUT2D eigenvalue weighted by Crippen LogP contribution is 2.20. The molecule has 1 aromatic carbocycles. The second-order valence-electron chi connectivity index (χ2n) is 7.86. The highest BCUT2D eigenvalue weighted by Gasteiger charge is 2.23. The molecule has 10 heteroatoms. The van der Waals surface area contributed by atoms with Crippen molar-refractivity contribution in [3.8, 4) is 0 Å². The van der Waals surface area contributed by atoms with Gasteiger partial charge < -0.3 is 19.9 Å². The van der Waals surface area contributed by atoms with Crippen molar-refractivity contribution in [2.75, 3.05) is 32.7 Å². The number of hydrogen-bond acceptors (Lipinski definition) is 7. The molecular weight excluding hydrogens is 424 g/mol. The smallest absolute Gasteiger partial charge is 0.407 e. The molecule has 0 atom stereocenters. The summed E-state index contributed by atoms with van der Waals surface area (Å²) in [7, 11) is 0. The van der Waals surface area contributed by atoms with Gasteiger partial charge in [-0.3, -0.25) is 4.79 Å². The van der Waals surface area contributed by atoms with Crippen molar-refractivity contribution in [2.45, 2.75) is 38.5 Å². The zero-order chi connectivity index (χ0) is 22.1. The molecule has 0 spiro atoms. The van der Waals surface area contributed by atoms with Crippen LogP contribution < -0.4 is 5.32 Å². The maximum Gasteiger partial charge on any atom is 0.407 e. The molecule has 0 aliphatic carbocycles. The Morgan fingerprint density at radius 1 is 1.13 bits per heavy atom. The molecule has 1 N–H and O–H groups in total. The quantitative estimate of drug-likeness (QED) is 0.520. The normalized spacial score (nSPS) is 14.2. The number of hydrogen-bond donors (Lipinski definition) is 1. The topological polar surface area (TPSA) is 91.3 Å². The van der Waals surface area contributed by atoms with Crippen LogP contribution in [0.2, 0.25) is 0 Å². The third-order valence-corrected chi connectivity index (χ3v) is 5.90. The molecule has 0 unspecified atom stereocenters. The molecule has 0 saturated carbocycles. The highest BCUT2D eigenvalue weighted by atomic mass is 32.2. The summed E-state index contributed by atoms with van der Waals surface area (Å²) in [4.78, 5) is 38.3. The molecule has 2 amide bonds. The first-order valence-electron chi connectivity index (χ1n) is 9.76. The average Bonchev–Trinajstić information content (AvgIpc) is 2.71. The first-order chi connectivity index (χ1) is 14.2. The molecule has 0 radical (unpaired) electrons. The van der Waals surface area contributed by atoms with E-state index in [9.17, 15) is 14.5 Å². The zero-order valence-electron chi connectivity index (χ0n) is 17.6. The van der Waals surface area contributed by atoms with Gasteiger partial charge in [-0.15, -0.1) is 4.91 Å². The lowest BCUT2D eigenvalue weighted by Crippen LogP contribution is -2.50. The van der Waals surface area contributed by atoms with E-state index in [1.807, 2.05) is 12.1 Å². The van der Waals surface area contributed by atoms with Gasteiger partial charge in [0.15, 0.2) is 0 Å². The monoisotopic (exact) mass is 452 g/mol. The molecule has 1 fully saturated rings. The standard InChI is InChI=1S/C20H28N4O4S2/c1-20(2,3)28-18(26)21-9-8-17(25)23-10-12-24(13-11-23)19(29)30-14-15-4-6-16(22-27)7-5-15/h4-7H,8-14H2,1-3H3,(H,21,26). The SMILES string of the molecule is CC(C)(C)OC(=O)NCCC(=O)N1CCN(C(=S)SCc2ccc(N=O)cc2)CC1. The van der Waals surface area contributed by atoms with Crippen LogP contribution in [0.5, 0.6) is 0 Å². The third-order valence-electron chi connectivity index (χ3n) is 4.30. The number of thioether (sulfide) groups is 1. The predicted molar refractivity (Wildman–Crippen MR) is 123 cm³/mol. The van der Waals surface area contributed by atoms with Gasteiger partial charge in [0.1, 0.15) is 15.6 Å². The number of piperazine rings is 1. The molecule has 0 bridgehead atoms. The lowest BCUT2D eigenvalue weighted by molar-refractivity contribution is -0.132. The Kier molecular flexibility index (Phi) is 9.04. The lowest BCUT2D eigenvalue weighted by atomic mass is 10.2. The number of rotatable bonds is 6. The minimum Gasteiger partial charge on any atom is -0.444 e. The molecule has 1 aromatic rings. The van der Waals surface area contributed by atoms with Crippen LogP contribution in [0.4, 0.5) is 10.5 Å². The fourth-order valence-electron chi connectivity index (χ4n) is 2.77. The van der Waals surface area contributed by atoms with Crippen LogP contribution in [-0.4, -0.2) is 64.4 Å². The summed E-state index contributed by atoms with van der Waals surface area (Å²) in [5.41, 5.74) is 0.922. The van der Waals surface area contributed by atoms with Crippen LogP contribution in [0, 0.1) is 4.91 Å². The van der Waals surface area contributed by atoms with Crippen LogP contribution in [0.3, 0.4) is 0 Å². The first-order valence-corrected chi connectivity index (χ1v) is 11.2. The lowest BCUT2D eigenvalue weighted by Gasteiger charge is -2.36. The van der Waals surface area contributed by atoms with E-state index < -0.39 is 11.7 Å². The molecular formula is C20H28N4O4S2. The van der Waals surface area contributed by atoms with Crippen LogP contribution in [-0.2, 0) is 15.3 Å². The molecule has 0 aromatic heterocycles. The maximum atomic E-state index is 12.4. The summed E-state index contributed by atoms with van der Waals surface area (Å²) in [6.07, 6.45) is -0.274. The van der Waals surface area contributed by atoms with Gasteiger partial charge in [-0.1, -0.05) is 36.1 Å². The predicted octanol–water partition coefficient (Wildman–Crippen LogP) is 3.66. The number of ether oxygens (including phenoxy) is 1. The number of benzene rings is 1. The van der Waals surface area contributed by atoms with Gasteiger partial charge >= 0.3 is 6.09 Å². The Labute approximate surface area is 186 Å². The number of thiocarbonyl (C=S) groups is 1. The van der Waals surface area contributed by atoms with Crippen LogP contribution >= 0.6 is 24.0 Å². The van der Waals surface area contributed by atoms with Crippen molar-refractivity contribution >= 4 is 46.0 Å². The van der Waals surface area contributed by atoms with E-state index in [2.05, 4.69) is 15.4 Å². The van der Waals surface area contributed by atoms with Gasteiger partial charge in [-0.25, -0.2) is 4.79 Å². The summed E-state index contributed by atoms with van der Waals surface area (Å²) in [6, 6.07) is 7.12. The maximum absolute atomic E-state index is 12.4. The Hall–Kier alpha value is -2.20. The second kappa shape index (κ2) is 11.3. The second-order valence-corrected chi connectivity index (χ2v) is 9.47. The number of alkyl carbamates (subject to hydrolysis) is 1. The first kappa shape index (κ1) is 24.1. The molecule has 1 heterocycles. The van der Waals surface area contributed by atoms with Gasteiger partial charge in [-0.05, 0) is 43.6 Å². The highest BCUT2D eigenvalue weighted by molar-refractivity contribution is 8.22. The number of amides is 2. The van der Waals surface area contributed by atoms with Crippen molar-refractivity contribution in [3.05, 3.63) is 34.7 Å². The molecule has 1 aliphatic heterocycles. The molecule has 1 saturated heterocycles. The van der Waals surface area contributed by atoms with Crippen molar-refractivity contribution in [1.29, 1.82) is 0 Å². The molecule has 30 heavy (non-hydrogen) atoms. The van der Waals surface area contributed by atoms with Crippen molar-refractivity contribution in [3.63, 3.8) is 0 Å². The fourth-order valence-corrected chi connectivity index (χ4v) is 3.98. The minimum atomic E-state index is -0.559. The van der Waals surface area contributed by atoms with Crippen molar-refractivity contribution in [1.82, 2.24) is 15.1 Å². The Morgan fingerprint density at radius 2 is 1.73 bits per heavy atom.